The van der Waals surface area contributed by atoms with Crippen LogP contribution in [0.25, 0.3) is 0 Å². The topological polar surface area (TPSA) is 25.4 Å². The number of likely N-dealkylation sites (N-methyl/N-ethyl adjacent to an activating group) is 1. The van der Waals surface area contributed by atoms with Crippen LogP contribution in [0.2, 0.25) is 0 Å². The lowest BCUT2D eigenvalue weighted by Gasteiger charge is -2.29. The summed E-state index contributed by atoms with van der Waals surface area (Å²) in [5.41, 5.74) is 1.23. The quantitative estimate of drug-likeness (QED) is 0.798. The fraction of sp³-hybridized carbons (Fsp3) is 0.583. The van der Waals surface area contributed by atoms with Gasteiger partial charge in [-0.15, -0.1) is 0 Å². The minimum absolute atomic E-state index is 0.287. The van der Waals surface area contributed by atoms with Crippen molar-refractivity contribution < 1.29 is 4.74 Å². The molecule has 0 spiro atoms. The average molecular weight is 285 g/mol. The maximum Gasteiger partial charge on any atom is 0.132 e. The summed E-state index contributed by atoms with van der Waals surface area (Å²) in [7, 11) is 2.10. The van der Waals surface area contributed by atoms with Crippen molar-refractivity contribution >= 4 is 21.7 Å². The van der Waals surface area contributed by atoms with Crippen LogP contribution >= 0.6 is 15.9 Å². The molecule has 1 saturated heterocycles. The number of ether oxygens (including phenoxy) is 1. The maximum absolute atomic E-state index is 5.60. The summed E-state index contributed by atoms with van der Waals surface area (Å²) in [5, 5.41) is 0.836. The number of aromatic nitrogens is 1. The van der Waals surface area contributed by atoms with Gasteiger partial charge in [0, 0.05) is 30.7 Å². The third kappa shape index (κ3) is 2.23. The van der Waals surface area contributed by atoms with Crippen LogP contribution in [0.3, 0.4) is 0 Å². The summed E-state index contributed by atoms with van der Waals surface area (Å²) in [6.07, 6.45) is 3.21. The fourth-order valence-electron chi connectivity index (χ4n) is 2.24. The SMILES string of the molecule is CC1OCCC1N(C)c1ncccc1CBr. The van der Waals surface area contributed by atoms with Crippen LogP contribution in [-0.4, -0.2) is 30.8 Å². The van der Waals surface area contributed by atoms with Crippen LogP contribution in [0.5, 0.6) is 0 Å². The van der Waals surface area contributed by atoms with Crippen molar-refractivity contribution in [3.63, 3.8) is 0 Å². The Bertz CT molecular complexity index is 359. The monoisotopic (exact) mass is 284 g/mol. The number of anilines is 1. The Hall–Kier alpha value is -0.610. The second-order valence-corrected chi connectivity index (χ2v) is 4.72. The molecule has 1 aromatic heterocycles. The summed E-state index contributed by atoms with van der Waals surface area (Å²) in [4.78, 5) is 6.71. The molecule has 4 heteroatoms. The molecule has 16 heavy (non-hydrogen) atoms. The lowest BCUT2D eigenvalue weighted by molar-refractivity contribution is 0.118. The maximum atomic E-state index is 5.60. The molecule has 2 rings (SSSR count). The van der Waals surface area contributed by atoms with Crippen molar-refractivity contribution in [3.8, 4) is 0 Å². The van der Waals surface area contributed by atoms with E-state index in [4.69, 9.17) is 4.74 Å². The average Bonchev–Trinajstić information content (AvgIpc) is 2.74. The van der Waals surface area contributed by atoms with Crippen LogP contribution in [-0.2, 0) is 10.1 Å². The van der Waals surface area contributed by atoms with Crippen molar-refractivity contribution in [1.82, 2.24) is 4.98 Å². The Morgan fingerprint density at radius 1 is 1.62 bits per heavy atom. The molecule has 2 atom stereocenters. The van der Waals surface area contributed by atoms with Gasteiger partial charge in [-0.05, 0) is 19.4 Å². The number of nitrogens with zero attached hydrogens (tertiary/aromatic N) is 2. The first kappa shape index (κ1) is 11.9. The first-order valence-electron chi connectivity index (χ1n) is 5.58. The fourth-order valence-corrected chi connectivity index (χ4v) is 2.68. The highest BCUT2D eigenvalue weighted by molar-refractivity contribution is 9.08. The molecule has 2 unspecified atom stereocenters. The number of hydrogen-bond donors (Lipinski definition) is 0. The van der Waals surface area contributed by atoms with Gasteiger partial charge in [-0.3, -0.25) is 0 Å². The van der Waals surface area contributed by atoms with Crippen LogP contribution < -0.4 is 4.90 Å². The lowest BCUT2D eigenvalue weighted by Crippen LogP contribution is -2.37. The summed E-state index contributed by atoms with van der Waals surface area (Å²) >= 11 is 3.50. The van der Waals surface area contributed by atoms with Crippen LogP contribution in [0, 0.1) is 0 Å². The minimum atomic E-state index is 0.287. The van der Waals surface area contributed by atoms with Gasteiger partial charge < -0.3 is 9.64 Å². The molecule has 0 radical (unpaired) electrons. The summed E-state index contributed by atoms with van der Waals surface area (Å²) in [6.45, 7) is 2.98. The van der Waals surface area contributed by atoms with E-state index in [0.717, 1.165) is 24.2 Å². The van der Waals surface area contributed by atoms with Crippen molar-refractivity contribution in [2.75, 3.05) is 18.6 Å². The van der Waals surface area contributed by atoms with Crippen LogP contribution in [0.15, 0.2) is 18.3 Å². The Morgan fingerprint density at radius 3 is 3.06 bits per heavy atom. The molecule has 3 nitrogen and oxygen atoms in total. The first-order valence-corrected chi connectivity index (χ1v) is 6.70. The Kier molecular flexibility index (Phi) is 3.82. The number of pyridine rings is 1. The number of alkyl halides is 1. The van der Waals surface area contributed by atoms with Gasteiger partial charge in [0.15, 0.2) is 0 Å². The van der Waals surface area contributed by atoms with E-state index in [2.05, 4.69) is 45.9 Å². The number of rotatable bonds is 3. The summed E-state index contributed by atoms with van der Waals surface area (Å²) in [5.74, 6) is 1.06. The molecule has 0 aromatic carbocycles. The Balaban J connectivity index is 2.22. The minimum Gasteiger partial charge on any atom is -0.376 e. The molecule has 1 aromatic rings. The van der Waals surface area contributed by atoms with Gasteiger partial charge in [-0.2, -0.15) is 0 Å². The van der Waals surface area contributed by atoms with Crippen molar-refractivity contribution in [3.05, 3.63) is 23.9 Å². The Labute approximate surface area is 105 Å². The molecule has 1 aliphatic heterocycles. The number of hydrogen-bond acceptors (Lipinski definition) is 3. The van der Waals surface area contributed by atoms with Crippen molar-refractivity contribution in [2.45, 2.75) is 30.8 Å². The first-order chi connectivity index (χ1) is 7.74. The predicted molar refractivity (Wildman–Crippen MR) is 69.1 cm³/mol. The Morgan fingerprint density at radius 2 is 2.44 bits per heavy atom. The predicted octanol–water partition coefficient (Wildman–Crippen LogP) is 2.59. The number of halogens is 1. The second kappa shape index (κ2) is 5.15. The largest absolute Gasteiger partial charge is 0.376 e. The van der Waals surface area contributed by atoms with Gasteiger partial charge in [-0.25, -0.2) is 4.98 Å². The van der Waals surface area contributed by atoms with E-state index in [1.54, 1.807) is 0 Å². The zero-order valence-corrected chi connectivity index (χ0v) is 11.3. The van der Waals surface area contributed by atoms with E-state index in [1.165, 1.54) is 5.56 Å². The molecular formula is C12H17BrN2O. The highest BCUT2D eigenvalue weighted by Crippen LogP contribution is 2.26. The van der Waals surface area contributed by atoms with Crippen molar-refractivity contribution in [2.24, 2.45) is 0 Å². The third-order valence-electron chi connectivity index (χ3n) is 3.18. The molecular weight excluding hydrogens is 268 g/mol. The zero-order valence-electron chi connectivity index (χ0n) is 9.69. The van der Waals surface area contributed by atoms with Gasteiger partial charge in [0.2, 0.25) is 0 Å². The van der Waals surface area contributed by atoms with E-state index in [1.807, 2.05) is 12.3 Å². The molecule has 0 saturated carbocycles. The normalized spacial score (nSPS) is 24.7. The van der Waals surface area contributed by atoms with Gasteiger partial charge in [0.25, 0.3) is 0 Å². The molecule has 2 heterocycles. The highest BCUT2D eigenvalue weighted by atomic mass is 79.9. The van der Waals surface area contributed by atoms with E-state index in [9.17, 15) is 0 Å². The summed E-state index contributed by atoms with van der Waals surface area (Å²) in [6, 6.07) is 4.52. The molecule has 0 amide bonds. The molecule has 1 aliphatic rings. The van der Waals surface area contributed by atoms with Crippen LogP contribution in [0.4, 0.5) is 5.82 Å². The third-order valence-corrected chi connectivity index (χ3v) is 3.78. The lowest BCUT2D eigenvalue weighted by atomic mass is 10.1. The smallest absolute Gasteiger partial charge is 0.132 e. The molecule has 88 valence electrons. The summed E-state index contributed by atoms with van der Waals surface area (Å²) < 4.78 is 5.60. The van der Waals surface area contributed by atoms with E-state index >= 15 is 0 Å². The molecule has 0 N–H and O–H groups in total. The van der Waals surface area contributed by atoms with Gasteiger partial charge >= 0.3 is 0 Å². The van der Waals surface area contributed by atoms with Crippen LogP contribution in [0.1, 0.15) is 18.9 Å². The second-order valence-electron chi connectivity index (χ2n) is 4.16. The zero-order chi connectivity index (χ0) is 11.5. The van der Waals surface area contributed by atoms with E-state index < -0.39 is 0 Å². The van der Waals surface area contributed by atoms with Gasteiger partial charge in [-0.1, -0.05) is 22.0 Å². The standard InChI is InChI=1S/C12H17BrN2O/c1-9-11(5-7-16-9)15(2)12-10(8-13)4-3-6-14-12/h3-4,6,9,11H,5,7-8H2,1-2H3. The van der Waals surface area contributed by atoms with E-state index in [-0.39, 0.29) is 6.10 Å². The highest BCUT2D eigenvalue weighted by Gasteiger charge is 2.29. The molecule has 0 bridgehead atoms. The van der Waals surface area contributed by atoms with E-state index in [0.29, 0.717) is 6.04 Å². The van der Waals surface area contributed by atoms with Gasteiger partial charge in [0.05, 0.1) is 12.1 Å². The molecule has 0 aliphatic carbocycles. The molecule has 1 fully saturated rings. The van der Waals surface area contributed by atoms with Gasteiger partial charge in [0.1, 0.15) is 5.82 Å². The van der Waals surface area contributed by atoms with Crippen molar-refractivity contribution in [1.29, 1.82) is 0 Å².